The Morgan fingerprint density at radius 3 is 1.97 bits per heavy atom. The highest BCUT2D eigenvalue weighted by atomic mass is 16.3. The summed E-state index contributed by atoms with van der Waals surface area (Å²) < 4.78 is 0. The summed E-state index contributed by atoms with van der Waals surface area (Å²) in [6.45, 7) is 4.12. The van der Waals surface area contributed by atoms with Crippen LogP contribution in [0.2, 0.25) is 0 Å². The molecular formula is C30H53NO3. The molecule has 34 heavy (non-hydrogen) atoms. The second-order valence-corrected chi connectivity index (χ2v) is 9.09. The first-order chi connectivity index (χ1) is 16.7. The van der Waals surface area contributed by atoms with Crippen LogP contribution >= 0.6 is 0 Å². The number of aliphatic hydroxyl groups excluding tert-OH is 2. The maximum Gasteiger partial charge on any atom is 0.220 e. The lowest BCUT2D eigenvalue weighted by Crippen LogP contribution is -2.45. The first kappa shape index (κ1) is 32.4. The zero-order chi connectivity index (χ0) is 25.1. The van der Waals surface area contributed by atoms with Crippen molar-refractivity contribution in [2.45, 2.75) is 129 Å². The van der Waals surface area contributed by atoms with Gasteiger partial charge in [0.15, 0.2) is 0 Å². The standard InChI is InChI=1S/C30H53NO3/c1-3-5-7-9-11-12-13-14-15-16-17-18-20-22-24-26-30(34)31-28(27-32)29(33)25-23-21-19-10-8-6-4-2/h8,10-12,14-15,23,25,28-29,32-33H,3-7,9,13,16-22,24,26-27H2,1-2H3,(H,31,34)/b10-8+,12-11-,15-14-,25-23+. The largest absolute Gasteiger partial charge is 0.394 e. The van der Waals surface area contributed by atoms with Crippen molar-refractivity contribution < 1.29 is 15.0 Å². The van der Waals surface area contributed by atoms with Crippen LogP contribution in [-0.4, -0.2) is 34.9 Å². The van der Waals surface area contributed by atoms with E-state index in [-0.39, 0.29) is 12.5 Å². The summed E-state index contributed by atoms with van der Waals surface area (Å²) in [5.41, 5.74) is 0. The fraction of sp³-hybridized carbons (Fsp3) is 0.700. The number of unbranched alkanes of at least 4 members (excludes halogenated alkanes) is 10. The Kier molecular flexibility index (Phi) is 24.7. The van der Waals surface area contributed by atoms with Crippen LogP contribution in [0.3, 0.4) is 0 Å². The van der Waals surface area contributed by atoms with Crippen molar-refractivity contribution in [1.29, 1.82) is 0 Å². The van der Waals surface area contributed by atoms with E-state index >= 15 is 0 Å². The SMILES string of the molecule is CCC/C=C/CC/C=C/C(O)C(CO)NC(=O)CCCCCCC/C=C\C/C=C\CCCCC. The fourth-order valence-electron chi connectivity index (χ4n) is 3.58. The molecule has 0 spiro atoms. The van der Waals surface area contributed by atoms with Gasteiger partial charge in [0, 0.05) is 6.42 Å². The number of carbonyl (C=O) groups excluding carboxylic acids is 1. The third-order valence-electron chi connectivity index (χ3n) is 5.77. The highest BCUT2D eigenvalue weighted by molar-refractivity contribution is 5.76. The van der Waals surface area contributed by atoms with Crippen LogP contribution in [0, 0.1) is 0 Å². The molecule has 0 heterocycles. The number of amides is 1. The minimum atomic E-state index is -0.863. The summed E-state index contributed by atoms with van der Waals surface area (Å²) in [4.78, 5) is 12.1. The number of aliphatic hydroxyl groups is 2. The topological polar surface area (TPSA) is 69.6 Å². The molecule has 4 heteroatoms. The van der Waals surface area contributed by atoms with Gasteiger partial charge in [-0.05, 0) is 57.8 Å². The smallest absolute Gasteiger partial charge is 0.220 e. The van der Waals surface area contributed by atoms with Crippen molar-refractivity contribution in [3.05, 3.63) is 48.6 Å². The van der Waals surface area contributed by atoms with E-state index in [1.165, 1.54) is 38.5 Å². The summed E-state index contributed by atoms with van der Waals surface area (Å²) in [6.07, 6.45) is 33.3. The van der Waals surface area contributed by atoms with E-state index in [4.69, 9.17) is 0 Å². The molecule has 0 bridgehead atoms. The van der Waals surface area contributed by atoms with Gasteiger partial charge < -0.3 is 15.5 Å². The first-order valence-electron chi connectivity index (χ1n) is 13.9. The molecule has 2 atom stereocenters. The van der Waals surface area contributed by atoms with Crippen molar-refractivity contribution in [2.75, 3.05) is 6.61 Å². The molecule has 0 aliphatic carbocycles. The molecule has 0 fully saturated rings. The number of rotatable bonds is 23. The number of hydrogen-bond acceptors (Lipinski definition) is 3. The Morgan fingerprint density at radius 1 is 0.706 bits per heavy atom. The third-order valence-corrected chi connectivity index (χ3v) is 5.77. The zero-order valence-electron chi connectivity index (χ0n) is 22.1. The monoisotopic (exact) mass is 475 g/mol. The molecule has 0 aliphatic rings. The lowest BCUT2D eigenvalue weighted by atomic mass is 10.1. The van der Waals surface area contributed by atoms with Crippen molar-refractivity contribution >= 4 is 5.91 Å². The number of nitrogens with one attached hydrogen (secondary N) is 1. The van der Waals surface area contributed by atoms with Gasteiger partial charge in [0.25, 0.3) is 0 Å². The molecule has 196 valence electrons. The highest BCUT2D eigenvalue weighted by Gasteiger charge is 2.17. The van der Waals surface area contributed by atoms with Crippen LogP contribution in [-0.2, 0) is 4.79 Å². The van der Waals surface area contributed by atoms with Gasteiger partial charge in [0.2, 0.25) is 5.91 Å². The average Bonchev–Trinajstić information content (AvgIpc) is 2.84. The van der Waals surface area contributed by atoms with Crippen molar-refractivity contribution in [2.24, 2.45) is 0 Å². The molecule has 0 aromatic carbocycles. The van der Waals surface area contributed by atoms with Gasteiger partial charge in [-0.15, -0.1) is 0 Å². The minimum Gasteiger partial charge on any atom is -0.394 e. The van der Waals surface area contributed by atoms with Crippen LogP contribution in [0.1, 0.15) is 117 Å². The summed E-state index contributed by atoms with van der Waals surface area (Å²) in [5, 5.41) is 22.5. The molecule has 0 radical (unpaired) electrons. The van der Waals surface area contributed by atoms with E-state index in [2.05, 4.69) is 55.6 Å². The highest BCUT2D eigenvalue weighted by Crippen LogP contribution is 2.09. The predicted molar refractivity (Wildman–Crippen MR) is 147 cm³/mol. The van der Waals surface area contributed by atoms with E-state index in [1.54, 1.807) is 6.08 Å². The van der Waals surface area contributed by atoms with Crippen LogP contribution in [0.15, 0.2) is 48.6 Å². The Bertz CT molecular complexity index is 565. The van der Waals surface area contributed by atoms with Gasteiger partial charge in [-0.1, -0.05) is 101 Å². The van der Waals surface area contributed by atoms with E-state index in [9.17, 15) is 15.0 Å². The van der Waals surface area contributed by atoms with Crippen molar-refractivity contribution in [3.8, 4) is 0 Å². The second kappa shape index (κ2) is 26.0. The average molecular weight is 476 g/mol. The van der Waals surface area contributed by atoms with Gasteiger partial charge in [-0.2, -0.15) is 0 Å². The summed E-state index contributed by atoms with van der Waals surface area (Å²) >= 11 is 0. The Balaban J connectivity index is 3.75. The Morgan fingerprint density at radius 2 is 1.29 bits per heavy atom. The Hall–Kier alpha value is -1.65. The maximum absolute atomic E-state index is 12.1. The van der Waals surface area contributed by atoms with Gasteiger partial charge in [0.1, 0.15) is 0 Å². The van der Waals surface area contributed by atoms with Gasteiger partial charge in [-0.3, -0.25) is 4.79 Å². The van der Waals surface area contributed by atoms with E-state index in [0.29, 0.717) is 6.42 Å². The van der Waals surface area contributed by atoms with Crippen LogP contribution in [0.4, 0.5) is 0 Å². The molecule has 0 aliphatic heterocycles. The van der Waals surface area contributed by atoms with E-state index < -0.39 is 12.1 Å². The lowest BCUT2D eigenvalue weighted by molar-refractivity contribution is -0.123. The van der Waals surface area contributed by atoms with Crippen LogP contribution in [0.5, 0.6) is 0 Å². The quantitative estimate of drug-likeness (QED) is 0.107. The number of hydrogen-bond donors (Lipinski definition) is 3. The fourth-order valence-corrected chi connectivity index (χ4v) is 3.58. The number of carbonyl (C=O) groups is 1. The molecule has 0 saturated carbocycles. The molecule has 3 N–H and O–H groups in total. The molecule has 4 nitrogen and oxygen atoms in total. The Labute approximate surface area is 210 Å². The lowest BCUT2D eigenvalue weighted by Gasteiger charge is -2.19. The number of allylic oxidation sites excluding steroid dienone is 7. The summed E-state index contributed by atoms with van der Waals surface area (Å²) in [7, 11) is 0. The summed E-state index contributed by atoms with van der Waals surface area (Å²) in [5.74, 6) is -0.0975. The molecule has 1 amide bonds. The molecule has 0 aromatic rings. The first-order valence-corrected chi connectivity index (χ1v) is 13.9. The van der Waals surface area contributed by atoms with Crippen LogP contribution in [0.25, 0.3) is 0 Å². The van der Waals surface area contributed by atoms with Crippen molar-refractivity contribution in [1.82, 2.24) is 5.32 Å². The molecule has 0 aromatic heterocycles. The molecular weight excluding hydrogens is 422 g/mol. The zero-order valence-corrected chi connectivity index (χ0v) is 22.1. The van der Waals surface area contributed by atoms with E-state index in [0.717, 1.165) is 57.8 Å². The minimum absolute atomic E-state index is 0.0975. The second-order valence-electron chi connectivity index (χ2n) is 9.09. The summed E-state index contributed by atoms with van der Waals surface area (Å²) in [6, 6.07) is -0.641. The molecule has 2 unspecified atom stereocenters. The maximum atomic E-state index is 12.1. The van der Waals surface area contributed by atoms with Crippen molar-refractivity contribution in [3.63, 3.8) is 0 Å². The van der Waals surface area contributed by atoms with E-state index in [1.807, 2.05) is 6.08 Å². The van der Waals surface area contributed by atoms with Gasteiger partial charge >= 0.3 is 0 Å². The molecule has 0 rings (SSSR count). The van der Waals surface area contributed by atoms with Crippen LogP contribution < -0.4 is 5.32 Å². The molecule has 0 saturated heterocycles. The van der Waals surface area contributed by atoms with Gasteiger partial charge in [-0.25, -0.2) is 0 Å². The predicted octanol–water partition coefficient (Wildman–Crippen LogP) is 7.33. The normalized spacial score (nSPS) is 14.1. The van der Waals surface area contributed by atoms with Gasteiger partial charge in [0.05, 0.1) is 18.8 Å². The third kappa shape index (κ3) is 22.2.